The maximum Gasteiger partial charge on any atom is 0.308 e. The number of benzene rings is 2. The van der Waals surface area contributed by atoms with Crippen LogP contribution in [0.3, 0.4) is 0 Å². The second-order valence-electron chi connectivity index (χ2n) is 5.71. The maximum absolute atomic E-state index is 12.5. The molecular weight excluding hydrogens is 440 g/mol. The van der Waals surface area contributed by atoms with Gasteiger partial charge in [-0.05, 0) is 70.9 Å². The summed E-state index contributed by atoms with van der Waals surface area (Å²) in [6, 6.07) is 11.8. The maximum atomic E-state index is 12.5. The first-order valence-corrected chi connectivity index (χ1v) is 9.39. The van der Waals surface area contributed by atoms with Gasteiger partial charge in [0, 0.05) is 12.6 Å². The molecule has 0 fully saturated rings. The Balaban J connectivity index is 2.32. The molecule has 29 heavy (non-hydrogen) atoms. The van der Waals surface area contributed by atoms with Gasteiger partial charge in [0.1, 0.15) is 17.4 Å². The van der Waals surface area contributed by atoms with Crippen LogP contribution in [0.25, 0.3) is 6.08 Å². The van der Waals surface area contributed by atoms with Crippen LogP contribution >= 0.6 is 15.9 Å². The first-order valence-electron chi connectivity index (χ1n) is 8.59. The number of amides is 1. The minimum absolute atomic E-state index is 0.101. The molecule has 0 radical (unpaired) electrons. The molecule has 0 heterocycles. The molecule has 2 rings (SSSR count). The van der Waals surface area contributed by atoms with Gasteiger partial charge in [-0.2, -0.15) is 5.26 Å². The van der Waals surface area contributed by atoms with Crippen molar-refractivity contribution in [3.63, 3.8) is 0 Å². The number of ether oxygens (including phenoxy) is 3. The smallest absolute Gasteiger partial charge is 0.308 e. The molecular formula is C21H19BrN2O5. The largest absolute Gasteiger partial charge is 0.497 e. The lowest BCUT2D eigenvalue weighted by molar-refractivity contribution is -0.132. The number of esters is 1. The second kappa shape index (κ2) is 10.3. The average molecular weight is 459 g/mol. The fourth-order valence-corrected chi connectivity index (χ4v) is 2.91. The van der Waals surface area contributed by atoms with Crippen molar-refractivity contribution in [2.75, 3.05) is 19.0 Å². The van der Waals surface area contributed by atoms with E-state index in [0.717, 1.165) is 0 Å². The van der Waals surface area contributed by atoms with E-state index in [9.17, 15) is 14.9 Å². The standard InChI is InChI=1S/C21H19BrN2O5/c1-4-28-19-11-14(10-18(22)20(19)29-13(2)25)9-15(12-23)21(26)24-16-5-7-17(27-3)8-6-16/h5-11H,4H2,1-3H3,(H,24,26)/b15-9+. The Morgan fingerprint density at radius 1 is 1.24 bits per heavy atom. The highest BCUT2D eigenvalue weighted by molar-refractivity contribution is 9.10. The Morgan fingerprint density at radius 3 is 2.48 bits per heavy atom. The lowest BCUT2D eigenvalue weighted by atomic mass is 10.1. The summed E-state index contributed by atoms with van der Waals surface area (Å²) < 4.78 is 16.2. The van der Waals surface area contributed by atoms with Crippen LogP contribution in [0.15, 0.2) is 46.4 Å². The summed E-state index contributed by atoms with van der Waals surface area (Å²) in [7, 11) is 1.55. The number of carbonyl (C=O) groups excluding carboxylic acids is 2. The Kier molecular flexibility index (Phi) is 7.80. The summed E-state index contributed by atoms with van der Waals surface area (Å²) in [5, 5.41) is 12.1. The first kappa shape index (κ1) is 22.0. The van der Waals surface area contributed by atoms with Crippen molar-refractivity contribution >= 4 is 39.6 Å². The van der Waals surface area contributed by atoms with E-state index in [1.54, 1.807) is 50.4 Å². The third kappa shape index (κ3) is 6.09. The molecule has 0 spiro atoms. The van der Waals surface area contributed by atoms with Gasteiger partial charge in [0.05, 0.1) is 18.2 Å². The number of nitrogens with zero attached hydrogens (tertiary/aromatic N) is 1. The van der Waals surface area contributed by atoms with E-state index in [1.807, 2.05) is 6.07 Å². The molecule has 7 nitrogen and oxygen atoms in total. The van der Waals surface area contributed by atoms with Crippen LogP contribution in [0.1, 0.15) is 19.4 Å². The van der Waals surface area contributed by atoms with Crippen LogP contribution in [0, 0.1) is 11.3 Å². The second-order valence-corrected chi connectivity index (χ2v) is 6.56. The summed E-state index contributed by atoms with van der Waals surface area (Å²) in [4.78, 5) is 23.8. The van der Waals surface area contributed by atoms with E-state index in [2.05, 4.69) is 21.2 Å². The van der Waals surface area contributed by atoms with Crippen molar-refractivity contribution in [1.29, 1.82) is 5.26 Å². The summed E-state index contributed by atoms with van der Waals surface area (Å²) in [6.45, 7) is 3.42. The van der Waals surface area contributed by atoms with Crippen LogP contribution in [0.4, 0.5) is 5.69 Å². The van der Waals surface area contributed by atoms with Crippen LogP contribution in [0.5, 0.6) is 17.2 Å². The van der Waals surface area contributed by atoms with Crippen LogP contribution in [-0.4, -0.2) is 25.6 Å². The van der Waals surface area contributed by atoms with Crippen molar-refractivity contribution in [3.05, 3.63) is 52.0 Å². The number of halogens is 1. The van der Waals surface area contributed by atoms with Gasteiger partial charge in [0.15, 0.2) is 11.5 Å². The number of hydrogen-bond acceptors (Lipinski definition) is 6. The lowest BCUT2D eigenvalue weighted by Gasteiger charge is -2.12. The zero-order valence-corrected chi connectivity index (χ0v) is 17.7. The van der Waals surface area contributed by atoms with E-state index >= 15 is 0 Å². The molecule has 0 saturated heterocycles. The highest BCUT2D eigenvalue weighted by Gasteiger charge is 2.15. The third-order valence-electron chi connectivity index (χ3n) is 3.60. The topological polar surface area (TPSA) is 97.7 Å². The molecule has 150 valence electrons. The van der Waals surface area contributed by atoms with Gasteiger partial charge in [-0.1, -0.05) is 0 Å². The average Bonchev–Trinajstić information content (AvgIpc) is 2.69. The molecule has 0 aliphatic heterocycles. The number of hydrogen-bond donors (Lipinski definition) is 1. The van der Waals surface area contributed by atoms with E-state index < -0.39 is 11.9 Å². The van der Waals surface area contributed by atoms with Crippen molar-refractivity contribution in [2.24, 2.45) is 0 Å². The fourth-order valence-electron chi connectivity index (χ4n) is 2.37. The molecule has 2 aromatic rings. The molecule has 1 amide bonds. The van der Waals surface area contributed by atoms with Crippen LogP contribution in [-0.2, 0) is 9.59 Å². The zero-order valence-electron chi connectivity index (χ0n) is 16.1. The molecule has 0 aliphatic carbocycles. The molecule has 2 aromatic carbocycles. The third-order valence-corrected chi connectivity index (χ3v) is 4.19. The summed E-state index contributed by atoms with van der Waals surface area (Å²) in [6.07, 6.45) is 1.42. The highest BCUT2D eigenvalue weighted by atomic mass is 79.9. The molecule has 8 heteroatoms. The molecule has 0 unspecified atom stereocenters. The zero-order chi connectivity index (χ0) is 21.4. The number of rotatable bonds is 7. The molecule has 1 N–H and O–H groups in total. The summed E-state index contributed by atoms with van der Waals surface area (Å²) >= 11 is 3.33. The Hall–Kier alpha value is -3.31. The van der Waals surface area contributed by atoms with Gasteiger partial charge >= 0.3 is 5.97 Å². The highest BCUT2D eigenvalue weighted by Crippen LogP contribution is 2.37. The number of anilines is 1. The Morgan fingerprint density at radius 2 is 1.93 bits per heavy atom. The Labute approximate surface area is 177 Å². The number of methoxy groups -OCH3 is 1. The van der Waals surface area contributed by atoms with Crippen molar-refractivity contribution in [2.45, 2.75) is 13.8 Å². The minimum atomic E-state index is -0.559. The van der Waals surface area contributed by atoms with E-state index in [1.165, 1.54) is 13.0 Å². The van der Waals surface area contributed by atoms with E-state index in [4.69, 9.17) is 14.2 Å². The number of nitriles is 1. The predicted octanol–water partition coefficient (Wildman–Crippen LogP) is 4.33. The molecule has 0 saturated carbocycles. The molecule has 0 atom stereocenters. The van der Waals surface area contributed by atoms with Crippen molar-refractivity contribution in [1.82, 2.24) is 0 Å². The van der Waals surface area contributed by atoms with Gasteiger partial charge < -0.3 is 19.5 Å². The van der Waals surface area contributed by atoms with Crippen molar-refractivity contribution < 1.29 is 23.8 Å². The summed E-state index contributed by atoms with van der Waals surface area (Å²) in [5.41, 5.74) is 0.950. The first-order chi connectivity index (χ1) is 13.9. The normalized spacial score (nSPS) is 10.7. The SMILES string of the molecule is CCOc1cc(/C=C(\C#N)C(=O)Nc2ccc(OC)cc2)cc(Br)c1OC(C)=O. The van der Waals surface area contributed by atoms with E-state index in [0.29, 0.717) is 33.8 Å². The molecule has 0 aromatic heterocycles. The van der Waals surface area contributed by atoms with Gasteiger partial charge in [-0.15, -0.1) is 0 Å². The van der Waals surface area contributed by atoms with Crippen molar-refractivity contribution in [3.8, 4) is 23.3 Å². The number of nitrogens with one attached hydrogen (secondary N) is 1. The van der Waals surface area contributed by atoms with Gasteiger partial charge in [0.25, 0.3) is 5.91 Å². The van der Waals surface area contributed by atoms with Gasteiger partial charge in [-0.25, -0.2) is 0 Å². The summed E-state index contributed by atoms with van der Waals surface area (Å²) in [5.74, 6) is 0.149. The Bertz CT molecular complexity index is 978. The van der Waals surface area contributed by atoms with Gasteiger partial charge in [-0.3, -0.25) is 9.59 Å². The van der Waals surface area contributed by atoms with E-state index in [-0.39, 0.29) is 11.3 Å². The lowest BCUT2D eigenvalue weighted by Crippen LogP contribution is -2.13. The van der Waals surface area contributed by atoms with Gasteiger partial charge in [0.2, 0.25) is 0 Å². The monoisotopic (exact) mass is 458 g/mol. The van der Waals surface area contributed by atoms with Crippen LogP contribution in [0.2, 0.25) is 0 Å². The van der Waals surface area contributed by atoms with Crippen LogP contribution < -0.4 is 19.5 Å². The quantitative estimate of drug-likeness (QED) is 0.287. The molecule has 0 aliphatic rings. The molecule has 0 bridgehead atoms. The fraction of sp³-hybridized carbons (Fsp3) is 0.190. The predicted molar refractivity (Wildman–Crippen MR) is 112 cm³/mol. The minimum Gasteiger partial charge on any atom is -0.497 e. The number of carbonyl (C=O) groups is 2.